The molecule has 3 rings (SSSR count). The molecule has 1 N–H and O–H groups in total. The lowest BCUT2D eigenvalue weighted by molar-refractivity contribution is -0.118. The summed E-state index contributed by atoms with van der Waals surface area (Å²) in [6.07, 6.45) is 0. The zero-order valence-electron chi connectivity index (χ0n) is 15.9. The number of amides is 1. The van der Waals surface area contributed by atoms with Gasteiger partial charge in [-0.25, -0.2) is 0 Å². The number of anilines is 1. The predicted molar refractivity (Wildman–Crippen MR) is 102 cm³/mol. The summed E-state index contributed by atoms with van der Waals surface area (Å²) < 4.78 is 16.1. The second-order valence-corrected chi connectivity index (χ2v) is 7.42. The van der Waals surface area contributed by atoms with Crippen molar-refractivity contribution < 1.29 is 23.8 Å². The third-order valence-corrected chi connectivity index (χ3v) is 4.26. The SMILES string of the molecule is CC(=O)c1cc2c(cc1NC(=O)COc1ccc(C(C)(C)C)cc1)OCO2. The summed E-state index contributed by atoms with van der Waals surface area (Å²) in [6.45, 7) is 7.76. The molecule has 1 heterocycles. The lowest BCUT2D eigenvalue weighted by atomic mass is 9.87. The average molecular weight is 369 g/mol. The smallest absolute Gasteiger partial charge is 0.262 e. The number of Topliss-reactive ketones (excluding diaryl/α,β-unsaturated/α-hetero) is 1. The molecule has 0 saturated heterocycles. The van der Waals surface area contributed by atoms with E-state index in [1.807, 2.05) is 24.3 Å². The van der Waals surface area contributed by atoms with Crippen molar-refractivity contribution in [2.24, 2.45) is 0 Å². The van der Waals surface area contributed by atoms with Crippen LogP contribution in [0.15, 0.2) is 36.4 Å². The van der Waals surface area contributed by atoms with Crippen LogP contribution in [-0.2, 0) is 10.2 Å². The fraction of sp³-hybridized carbons (Fsp3) is 0.333. The molecule has 0 atom stereocenters. The van der Waals surface area contributed by atoms with Gasteiger partial charge in [0.2, 0.25) is 6.79 Å². The highest BCUT2D eigenvalue weighted by atomic mass is 16.7. The molecule has 0 unspecified atom stereocenters. The predicted octanol–water partition coefficient (Wildman–Crippen LogP) is 3.93. The highest BCUT2D eigenvalue weighted by Gasteiger charge is 2.20. The summed E-state index contributed by atoms with van der Waals surface area (Å²) in [5, 5.41) is 2.71. The van der Waals surface area contributed by atoms with E-state index in [0.29, 0.717) is 28.5 Å². The average Bonchev–Trinajstić information content (AvgIpc) is 3.06. The van der Waals surface area contributed by atoms with Crippen LogP contribution in [0.4, 0.5) is 5.69 Å². The monoisotopic (exact) mass is 369 g/mol. The number of hydrogen-bond donors (Lipinski definition) is 1. The Morgan fingerprint density at radius 1 is 1.07 bits per heavy atom. The van der Waals surface area contributed by atoms with Crippen molar-refractivity contribution in [3.63, 3.8) is 0 Å². The maximum Gasteiger partial charge on any atom is 0.262 e. The molecule has 6 nitrogen and oxygen atoms in total. The van der Waals surface area contributed by atoms with Crippen molar-refractivity contribution in [3.05, 3.63) is 47.5 Å². The number of rotatable bonds is 5. The van der Waals surface area contributed by atoms with Crippen molar-refractivity contribution in [3.8, 4) is 17.2 Å². The largest absolute Gasteiger partial charge is 0.484 e. The number of carbonyl (C=O) groups excluding carboxylic acids is 2. The Hall–Kier alpha value is -3.02. The number of benzene rings is 2. The van der Waals surface area contributed by atoms with E-state index in [2.05, 4.69) is 26.1 Å². The van der Waals surface area contributed by atoms with Crippen molar-refractivity contribution in [1.82, 2.24) is 0 Å². The quantitative estimate of drug-likeness (QED) is 0.808. The summed E-state index contributed by atoms with van der Waals surface area (Å²) >= 11 is 0. The van der Waals surface area contributed by atoms with E-state index in [9.17, 15) is 9.59 Å². The lowest BCUT2D eigenvalue weighted by Gasteiger charge is -2.19. The Labute approximate surface area is 158 Å². The van der Waals surface area contributed by atoms with Crippen LogP contribution < -0.4 is 19.5 Å². The van der Waals surface area contributed by atoms with Crippen molar-refractivity contribution in [2.45, 2.75) is 33.1 Å². The molecule has 2 aromatic carbocycles. The van der Waals surface area contributed by atoms with Crippen LogP contribution in [0.3, 0.4) is 0 Å². The van der Waals surface area contributed by atoms with Gasteiger partial charge < -0.3 is 19.5 Å². The molecule has 1 amide bonds. The normalized spacial score (nSPS) is 12.6. The molecule has 0 aliphatic carbocycles. The molecular weight excluding hydrogens is 346 g/mol. The molecule has 1 aliphatic heterocycles. The number of nitrogens with one attached hydrogen (secondary N) is 1. The minimum absolute atomic E-state index is 0.0539. The van der Waals surface area contributed by atoms with Gasteiger partial charge in [-0.2, -0.15) is 0 Å². The Balaban J connectivity index is 1.65. The summed E-state index contributed by atoms with van der Waals surface area (Å²) in [4.78, 5) is 24.1. The highest BCUT2D eigenvalue weighted by Crippen LogP contribution is 2.37. The first-order chi connectivity index (χ1) is 12.7. The fourth-order valence-electron chi connectivity index (χ4n) is 2.72. The molecule has 0 bridgehead atoms. The van der Waals surface area contributed by atoms with Gasteiger partial charge in [0, 0.05) is 11.6 Å². The Kier molecular flexibility index (Phi) is 5.08. The molecule has 27 heavy (non-hydrogen) atoms. The molecule has 142 valence electrons. The zero-order valence-corrected chi connectivity index (χ0v) is 15.9. The van der Waals surface area contributed by atoms with E-state index in [0.717, 1.165) is 0 Å². The Morgan fingerprint density at radius 3 is 2.30 bits per heavy atom. The van der Waals surface area contributed by atoms with Gasteiger partial charge in [0.15, 0.2) is 23.9 Å². The van der Waals surface area contributed by atoms with E-state index in [1.54, 1.807) is 12.1 Å². The summed E-state index contributed by atoms with van der Waals surface area (Å²) in [5.41, 5.74) is 1.98. The minimum Gasteiger partial charge on any atom is -0.484 e. The summed E-state index contributed by atoms with van der Waals surface area (Å²) in [6, 6.07) is 10.8. The molecule has 1 aliphatic rings. The van der Waals surface area contributed by atoms with Crippen LogP contribution in [0, 0.1) is 0 Å². The Morgan fingerprint density at radius 2 is 1.70 bits per heavy atom. The number of ketones is 1. The van der Waals surface area contributed by atoms with E-state index < -0.39 is 0 Å². The number of hydrogen-bond acceptors (Lipinski definition) is 5. The van der Waals surface area contributed by atoms with Crippen molar-refractivity contribution in [1.29, 1.82) is 0 Å². The minimum atomic E-state index is -0.365. The molecule has 6 heteroatoms. The topological polar surface area (TPSA) is 73.9 Å². The van der Waals surface area contributed by atoms with Crippen LogP contribution in [0.1, 0.15) is 43.6 Å². The molecule has 2 aromatic rings. The third-order valence-electron chi connectivity index (χ3n) is 4.26. The molecule has 0 aromatic heterocycles. The highest BCUT2D eigenvalue weighted by molar-refractivity contribution is 6.04. The van der Waals surface area contributed by atoms with E-state index in [4.69, 9.17) is 14.2 Å². The van der Waals surface area contributed by atoms with Crippen molar-refractivity contribution >= 4 is 17.4 Å². The van der Waals surface area contributed by atoms with Crippen LogP contribution >= 0.6 is 0 Å². The first-order valence-electron chi connectivity index (χ1n) is 8.72. The van der Waals surface area contributed by atoms with E-state index in [1.165, 1.54) is 12.5 Å². The fourth-order valence-corrected chi connectivity index (χ4v) is 2.72. The molecule has 0 radical (unpaired) electrons. The number of ether oxygens (including phenoxy) is 3. The van der Waals surface area contributed by atoms with E-state index in [-0.39, 0.29) is 30.5 Å². The van der Waals surface area contributed by atoms with Crippen LogP contribution in [0.2, 0.25) is 0 Å². The van der Waals surface area contributed by atoms with Gasteiger partial charge in [-0.15, -0.1) is 0 Å². The Bertz CT molecular complexity index is 865. The first-order valence-corrected chi connectivity index (χ1v) is 8.72. The molecular formula is C21H23NO5. The summed E-state index contributed by atoms with van der Waals surface area (Å²) in [5.74, 6) is 1.05. The van der Waals surface area contributed by atoms with Gasteiger partial charge in [-0.1, -0.05) is 32.9 Å². The van der Waals surface area contributed by atoms with Gasteiger partial charge in [0.05, 0.1) is 5.69 Å². The van der Waals surface area contributed by atoms with Gasteiger partial charge in [-0.05, 0) is 36.1 Å². The van der Waals surface area contributed by atoms with Gasteiger partial charge in [0.25, 0.3) is 5.91 Å². The first kappa shape index (κ1) is 18.8. The zero-order chi connectivity index (χ0) is 19.6. The molecule has 0 fully saturated rings. The number of carbonyl (C=O) groups is 2. The van der Waals surface area contributed by atoms with Crippen LogP contribution in [0.5, 0.6) is 17.2 Å². The second kappa shape index (κ2) is 7.31. The molecule has 0 spiro atoms. The van der Waals surface area contributed by atoms with Gasteiger partial charge >= 0.3 is 0 Å². The summed E-state index contributed by atoms with van der Waals surface area (Å²) in [7, 11) is 0. The van der Waals surface area contributed by atoms with E-state index >= 15 is 0 Å². The van der Waals surface area contributed by atoms with Gasteiger partial charge in [-0.3, -0.25) is 9.59 Å². The van der Waals surface area contributed by atoms with Crippen LogP contribution in [-0.4, -0.2) is 25.1 Å². The second-order valence-electron chi connectivity index (χ2n) is 7.42. The number of fused-ring (bicyclic) bond motifs is 1. The maximum atomic E-state index is 12.3. The third kappa shape index (κ3) is 4.39. The standard InChI is InChI=1S/C21H23NO5/c1-13(23)16-9-18-19(27-12-26-18)10-17(16)22-20(24)11-25-15-7-5-14(6-8-15)21(2,3)4/h5-10H,11-12H2,1-4H3,(H,22,24). The molecule has 0 saturated carbocycles. The van der Waals surface area contributed by atoms with Gasteiger partial charge in [0.1, 0.15) is 5.75 Å². The van der Waals surface area contributed by atoms with Crippen molar-refractivity contribution in [2.75, 3.05) is 18.7 Å². The maximum absolute atomic E-state index is 12.3. The van der Waals surface area contributed by atoms with Crippen LogP contribution in [0.25, 0.3) is 0 Å². The lowest BCUT2D eigenvalue weighted by Crippen LogP contribution is -2.21.